The topological polar surface area (TPSA) is 110 Å². The molecule has 0 aromatic rings. The van der Waals surface area contributed by atoms with Crippen LogP contribution >= 0.6 is 0 Å². The highest BCUT2D eigenvalue weighted by molar-refractivity contribution is 5.60. The van der Waals surface area contributed by atoms with Gasteiger partial charge in [-0.15, -0.1) is 0 Å². The smallest absolute Gasteiger partial charge is 0.434 e. The third kappa shape index (κ3) is 37.2. The summed E-state index contributed by atoms with van der Waals surface area (Å²) in [5.41, 5.74) is 0. The Kier molecular flexibility index (Phi) is 41.0. The molecule has 0 aromatic carbocycles. The quantitative estimate of drug-likeness (QED) is 0.0333. The fourth-order valence-corrected chi connectivity index (χ4v) is 8.67. The van der Waals surface area contributed by atoms with Crippen LogP contribution in [-0.4, -0.2) is 82.1 Å². The predicted octanol–water partition coefficient (Wildman–Crippen LogP) is 15.7. The standard InChI is InChI=1S/C52H99NO9/c1-5-9-21-31-47(32-22-10-6-2)37-44-59-50(54)57-42-29-19-15-13-17-25-35-49(62-52(56)61-46-41-53-39-27-28-40-53)36-26-18-14-16-20-30-43-58-51(55)60-45-38-48(33-23-11-7-3)34-24-12-8-4/h47-49H,5-46H2,1-4H3. The second-order valence-electron chi connectivity index (χ2n) is 18.4. The van der Waals surface area contributed by atoms with Crippen LogP contribution < -0.4 is 0 Å². The summed E-state index contributed by atoms with van der Waals surface area (Å²) in [5, 5.41) is 0. The Morgan fingerprint density at radius 2 is 0.710 bits per heavy atom. The van der Waals surface area contributed by atoms with E-state index in [9.17, 15) is 14.4 Å². The van der Waals surface area contributed by atoms with E-state index in [0.717, 1.165) is 122 Å². The Morgan fingerprint density at radius 1 is 0.371 bits per heavy atom. The van der Waals surface area contributed by atoms with Crippen molar-refractivity contribution in [1.29, 1.82) is 0 Å². The van der Waals surface area contributed by atoms with Gasteiger partial charge in [0.1, 0.15) is 12.7 Å². The fourth-order valence-electron chi connectivity index (χ4n) is 8.67. The van der Waals surface area contributed by atoms with Crippen molar-refractivity contribution < 1.29 is 42.8 Å². The van der Waals surface area contributed by atoms with Gasteiger partial charge in [0.15, 0.2) is 0 Å². The van der Waals surface area contributed by atoms with Gasteiger partial charge in [-0.05, 0) is 89.1 Å². The van der Waals surface area contributed by atoms with Gasteiger partial charge >= 0.3 is 18.5 Å². The second-order valence-corrected chi connectivity index (χ2v) is 18.4. The van der Waals surface area contributed by atoms with Gasteiger partial charge in [0, 0.05) is 6.54 Å². The molecule has 0 unspecified atom stereocenters. The second kappa shape index (κ2) is 44.0. The zero-order valence-corrected chi connectivity index (χ0v) is 41.1. The molecule has 0 radical (unpaired) electrons. The maximum atomic E-state index is 12.6. The summed E-state index contributed by atoms with van der Waals surface area (Å²) in [6.07, 6.45) is 36.6. The molecule has 1 aliphatic heterocycles. The summed E-state index contributed by atoms with van der Waals surface area (Å²) in [4.78, 5) is 39.2. The lowest BCUT2D eigenvalue weighted by molar-refractivity contribution is 0.0129. The monoisotopic (exact) mass is 882 g/mol. The third-order valence-electron chi connectivity index (χ3n) is 12.7. The van der Waals surface area contributed by atoms with E-state index in [1.54, 1.807) is 0 Å². The van der Waals surface area contributed by atoms with Crippen molar-refractivity contribution >= 4 is 18.5 Å². The van der Waals surface area contributed by atoms with Gasteiger partial charge in [0.05, 0.1) is 26.4 Å². The average Bonchev–Trinajstić information content (AvgIpc) is 3.78. The first-order chi connectivity index (χ1) is 30.4. The number of unbranched alkanes of at least 4 members (excludes halogenated alkanes) is 18. The highest BCUT2D eigenvalue weighted by Gasteiger charge is 2.18. The van der Waals surface area contributed by atoms with Gasteiger partial charge in [-0.1, -0.05) is 182 Å². The van der Waals surface area contributed by atoms with Crippen LogP contribution in [-0.2, 0) is 28.4 Å². The van der Waals surface area contributed by atoms with E-state index in [2.05, 4.69) is 32.6 Å². The zero-order valence-electron chi connectivity index (χ0n) is 41.1. The van der Waals surface area contributed by atoms with Crippen molar-refractivity contribution in [2.75, 3.05) is 52.7 Å². The molecule has 0 aliphatic carbocycles. The van der Waals surface area contributed by atoms with E-state index >= 15 is 0 Å². The predicted molar refractivity (Wildman–Crippen MR) is 254 cm³/mol. The minimum Gasteiger partial charge on any atom is -0.434 e. The van der Waals surface area contributed by atoms with E-state index in [1.165, 1.54) is 116 Å². The first-order valence-corrected chi connectivity index (χ1v) is 26.6. The molecular formula is C52H99NO9. The number of ether oxygens (including phenoxy) is 6. The normalized spacial score (nSPS) is 13.0. The molecule has 1 rings (SSSR count). The van der Waals surface area contributed by atoms with Crippen LogP contribution in [0.5, 0.6) is 0 Å². The van der Waals surface area contributed by atoms with Crippen molar-refractivity contribution in [2.24, 2.45) is 11.8 Å². The van der Waals surface area contributed by atoms with E-state index in [1.807, 2.05) is 0 Å². The highest BCUT2D eigenvalue weighted by atomic mass is 16.7. The molecule has 1 heterocycles. The van der Waals surface area contributed by atoms with Crippen molar-refractivity contribution in [3.63, 3.8) is 0 Å². The molecule has 0 bridgehead atoms. The third-order valence-corrected chi connectivity index (χ3v) is 12.7. The van der Waals surface area contributed by atoms with Gasteiger partial charge in [-0.25, -0.2) is 14.4 Å². The first kappa shape index (κ1) is 57.8. The first-order valence-electron chi connectivity index (χ1n) is 26.6. The fraction of sp³-hybridized carbons (Fsp3) is 0.942. The summed E-state index contributed by atoms with van der Waals surface area (Å²) in [7, 11) is 0. The molecule has 0 spiro atoms. The Labute approximate surface area is 381 Å². The van der Waals surface area contributed by atoms with E-state index in [4.69, 9.17) is 28.4 Å². The van der Waals surface area contributed by atoms with Gasteiger partial charge < -0.3 is 28.4 Å². The lowest BCUT2D eigenvalue weighted by Gasteiger charge is -2.19. The average molecular weight is 882 g/mol. The summed E-state index contributed by atoms with van der Waals surface area (Å²) in [6.45, 7) is 14.0. The molecule has 10 nitrogen and oxygen atoms in total. The molecule has 1 saturated heterocycles. The van der Waals surface area contributed by atoms with Crippen LogP contribution in [0.4, 0.5) is 14.4 Å². The molecule has 0 aromatic heterocycles. The van der Waals surface area contributed by atoms with Crippen molar-refractivity contribution in [3.05, 3.63) is 0 Å². The number of likely N-dealkylation sites (tertiary alicyclic amines) is 1. The zero-order chi connectivity index (χ0) is 45.0. The van der Waals surface area contributed by atoms with Gasteiger partial charge in [0.2, 0.25) is 0 Å². The SMILES string of the molecule is CCCCCC(CCCCC)CCOC(=O)OCCCCCCCCC(CCCCCCCCOC(=O)OCCC(CCCCC)CCCCC)OC(=O)OCCN1CCCC1. The Bertz CT molecular complexity index is 927. The Morgan fingerprint density at radius 3 is 1.11 bits per heavy atom. The minimum absolute atomic E-state index is 0.126. The number of hydrogen-bond acceptors (Lipinski definition) is 10. The Balaban J connectivity index is 2.23. The van der Waals surface area contributed by atoms with Crippen LogP contribution in [0.2, 0.25) is 0 Å². The molecule has 0 N–H and O–H groups in total. The summed E-state index contributed by atoms with van der Waals surface area (Å²) < 4.78 is 32.9. The molecule has 62 heavy (non-hydrogen) atoms. The van der Waals surface area contributed by atoms with Gasteiger partial charge in [0.25, 0.3) is 0 Å². The van der Waals surface area contributed by atoms with E-state index in [-0.39, 0.29) is 6.10 Å². The number of carbonyl (C=O) groups excluding carboxylic acids is 3. The molecule has 0 atom stereocenters. The van der Waals surface area contributed by atoms with Crippen LogP contribution in [0.15, 0.2) is 0 Å². The van der Waals surface area contributed by atoms with Gasteiger partial charge in [-0.3, -0.25) is 4.90 Å². The maximum Gasteiger partial charge on any atom is 0.508 e. The lowest BCUT2D eigenvalue weighted by atomic mass is 9.92. The maximum absolute atomic E-state index is 12.6. The van der Waals surface area contributed by atoms with Crippen molar-refractivity contribution in [2.45, 2.75) is 252 Å². The van der Waals surface area contributed by atoms with Crippen molar-refractivity contribution in [1.82, 2.24) is 4.90 Å². The van der Waals surface area contributed by atoms with Crippen molar-refractivity contribution in [3.8, 4) is 0 Å². The molecule has 366 valence electrons. The van der Waals surface area contributed by atoms with E-state index in [0.29, 0.717) is 44.9 Å². The van der Waals surface area contributed by atoms with Crippen LogP contribution in [0, 0.1) is 11.8 Å². The largest absolute Gasteiger partial charge is 0.508 e. The van der Waals surface area contributed by atoms with Crippen LogP contribution in [0.3, 0.4) is 0 Å². The van der Waals surface area contributed by atoms with Gasteiger partial charge in [-0.2, -0.15) is 0 Å². The molecule has 10 heteroatoms. The highest BCUT2D eigenvalue weighted by Crippen LogP contribution is 2.23. The van der Waals surface area contributed by atoms with E-state index < -0.39 is 18.5 Å². The number of rotatable bonds is 44. The molecule has 1 fully saturated rings. The lowest BCUT2D eigenvalue weighted by Crippen LogP contribution is -2.26. The Hall–Kier alpha value is -2.23. The minimum atomic E-state index is -0.538. The molecule has 1 aliphatic rings. The summed E-state index contributed by atoms with van der Waals surface area (Å²) in [5.74, 6) is 1.28. The number of hydrogen-bond donors (Lipinski definition) is 0. The molecular weight excluding hydrogens is 783 g/mol. The van der Waals surface area contributed by atoms with Crippen LogP contribution in [0.1, 0.15) is 246 Å². The summed E-state index contributed by atoms with van der Waals surface area (Å²) in [6, 6.07) is 0. The van der Waals surface area contributed by atoms with Crippen LogP contribution in [0.25, 0.3) is 0 Å². The molecule has 0 amide bonds. The molecule has 0 saturated carbocycles. The number of nitrogens with zero attached hydrogens (tertiary/aromatic N) is 1. The summed E-state index contributed by atoms with van der Waals surface area (Å²) >= 11 is 0. The number of carbonyl (C=O) groups is 3.